The average Bonchev–Trinajstić information content (AvgIpc) is 2.48. The number of rotatable bonds is 3. The first-order valence-electron chi connectivity index (χ1n) is 6.39. The monoisotopic (exact) mass is 273 g/mol. The van der Waals surface area contributed by atoms with E-state index in [-0.39, 0.29) is 11.9 Å². The number of carbonyl (C=O) groups excluding carboxylic acids is 1. The van der Waals surface area contributed by atoms with Gasteiger partial charge in [0, 0.05) is 29.5 Å². The number of hydrogen-bond donors (Lipinski definition) is 0. The van der Waals surface area contributed by atoms with Crippen molar-refractivity contribution in [3.63, 3.8) is 0 Å². The molecule has 1 aromatic carbocycles. The lowest BCUT2D eigenvalue weighted by Gasteiger charge is -2.21. The highest BCUT2D eigenvalue weighted by Gasteiger charge is 2.22. The fourth-order valence-electron chi connectivity index (χ4n) is 2.28. The quantitative estimate of drug-likeness (QED) is 0.861. The molecule has 1 aromatic heterocycles. The Morgan fingerprint density at radius 2 is 2.26 bits per heavy atom. The van der Waals surface area contributed by atoms with Crippen molar-refractivity contribution in [3.05, 3.63) is 42.1 Å². The minimum atomic E-state index is -0.245. The molecular formula is C15H15NO2S. The van der Waals surface area contributed by atoms with Crippen LogP contribution in [0.15, 0.2) is 36.5 Å². The molecule has 0 N–H and O–H groups in total. The maximum Gasteiger partial charge on any atom is 0.166 e. The van der Waals surface area contributed by atoms with Gasteiger partial charge >= 0.3 is 0 Å². The molecule has 1 atom stereocenters. The Morgan fingerprint density at radius 1 is 1.37 bits per heavy atom. The van der Waals surface area contributed by atoms with Gasteiger partial charge in [0.25, 0.3) is 0 Å². The number of para-hydroxylation sites is 1. The van der Waals surface area contributed by atoms with Crippen molar-refractivity contribution >= 4 is 28.4 Å². The number of thioether (sulfide) groups is 1. The van der Waals surface area contributed by atoms with Gasteiger partial charge in [0.2, 0.25) is 0 Å². The van der Waals surface area contributed by atoms with E-state index >= 15 is 0 Å². The summed E-state index contributed by atoms with van der Waals surface area (Å²) in [6, 6.07) is 9.85. The molecule has 0 radical (unpaired) electrons. The zero-order chi connectivity index (χ0) is 13.1. The second-order valence-electron chi connectivity index (χ2n) is 4.56. The second kappa shape index (κ2) is 5.72. The van der Waals surface area contributed by atoms with E-state index < -0.39 is 0 Å². The number of fused-ring (bicyclic) bond motifs is 1. The predicted octanol–water partition coefficient (Wildman–Crippen LogP) is 2.48. The van der Waals surface area contributed by atoms with E-state index in [1.165, 1.54) is 0 Å². The van der Waals surface area contributed by atoms with E-state index in [0.29, 0.717) is 13.0 Å². The first-order valence-corrected chi connectivity index (χ1v) is 7.55. The van der Waals surface area contributed by atoms with Gasteiger partial charge in [0.15, 0.2) is 5.78 Å². The SMILES string of the molecule is O=C(Cc1ccnc2ccccc12)C1CSCCO1. The highest BCUT2D eigenvalue weighted by atomic mass is 32.2. The van der Waals surface area contributed by atoms with Crippen molar-refractivity contribution in [2.45, 2.75) is 12.5 Å². The summed E-state index contributed by atoms with van der Waals surface area (Å²) in [6.07, 6.45) is 1.95. The Kier molecular flexibility index (Phi) is 3.80. The van der Waals surface area contributed by atoms with Crippen LogP contribution >= 0.6 is 11.8 Å². The van der Waals surface area contributed by atoms with Crippen LogP contribution in [0.25, 0.3) is 10.9 Å². The molecule has 1 unspecified atom stereocenters. The van der Waals surface area contributed by atoms with E-state index in [1.807, 2.05) is 30.3 Å². The molecule has 1 aliphatic heterocycles. The summed E-state index contributed by atoms with van der Waals surface area (Å²) in [5.74, 6) is 1.94. The summed E-state index contributed by atoms with van der Waals surface area (Å²) in [5, 5.41) is 1.06. The highest BCUT2D eigenvalue weighted by molar-refractivity contribution is 7.99. The van der Waals surface area contributed by atoms with Gasteiger partial charge in [-0.05, 0) is 17.7 Å². The molecule has 0 spiro atoms. The molecule has 1 fully saturated rings. The largest absolute Gasteiger partial charge is 0.369 e. The van der Waals surface area contributed by atoms with Crippen LogP contribution in [-0.2, 0) is 16.0 Å². The third-order valence-electron chi connectivity index (χ3n) is 3.28. The van der Waals surface area contributed by atoms with Crippen molar-refractivity contribution in [1.82, 2.24) is 4.98 Å². The van der Waals surface area contributed by atoms with Crippen LogP contribution in [-0.4, -0.2) is 35.0 Å². The van der Waals surface area contributed by atoms with E-state index in [9.17, 15) is 4.79 Å². The number of pyridine rings is 1. The summed E-state index contributed by atoms with van der Waals surface area (Å²) in [6.45, 7) is 0.679. The van der Waals surface area contributed by atoms with Crippen LogP contribution in [0.5, 0.6) is 0 Å². The van der Waals surface area contributed by atoms with Crippen LogP contribution in [0, 0.1) is 0 Å². The summed E-state index contributed by atoms with van der Waals surface area (Å²) >= 11 is 1.79. The maximum absolute atomic E-state index is 12.3. The van der Waals surface area contributed by atoms with Gasteiger partial charge in [0.1, 0.15) is 6.10 Å². The first kappa shape index (κ1) is 12.6. The van der Waals surface area contributed by atoms with Crippen LogP contribution in [0.2, 0.25) is 0 Å². The molecule has 3 rings (SSSR count). The Labute approximate surface area is 116 Å². The molecule has 2 heterocycles. The topological polar surface area (TPSA) is 39.2 Å². The lowest BCUT2D eigenvalue weighted by Crippen LogP contribution is -2.32. The van der Waals surface area contributed by atoms with Gasteiger partial charge in [-0.3, -0.25) is 9.78 Å². The number of benzene rings is 1. The Hall–Kier alpha value is -1.39. The van der Waals surface area contributed by atoms with Crippen LogP contribution in [0.1, 0.15) is 5.56 Å². The molecule has 98 valence electrons. The van der Waals surface area contributed by atoms with E-state index in [1.54, 1.807) is 18.0 Å². The molecule has 1 aliphatic rings. The molecule has 0 amide bonds. The third-order valence-corrected chi connectivity index (χ3v) is 4.27. The Bertz CT molecular complexity index is 588. The number of Topliss-reactive ketones (excluding diaryl/α,β-unsaturated/α-hetero) is 1. The molecule has 2 aromatic rings. The van der Waals surface area contributed by atoms with Crippen LogP contribution in [0.3, 0.4) is 0 Å². The summed E-state index contributed by atoms with van der Waals surface area (Å²) in [4.78, 5) is 16.6. The van der Waals surface area contributed by atoms with Gasteiger partial charge in [0.05, 0.1) is 12.1 Å². The fourth-order valence-corrected chi connectivity index (χ4v) is 3.16. The minimum absolute atomic E-state index is 0.170. The second-order valence-corrected chi connectivity index (χ2v) is 5.71. The summed E-state index contributed by atoms with van der Waals surface area (Å²) in [7, 11) is 0. The molecule has 1 saturated heterocycles. The lowest BCUT2D eigenvalue weighted by atomic mass is 10.0. The lowest BCUT2D eigenvalue weighted by molar-refractivity contribution is -0.128. The molecule has 0 bridgehead atoms. The zero-order valence-electron chi connectivity index (χ0n) is 10.5. The molecular weight excluding hydrogens is 258 g/mol. The van der Waals surface area contributed by atoms with Crippen LogP contribution in [0.4, 0.5) is 0 Å². The third kappa shape index (κ3) is 2.80. The van der Waals surface area contributed by atoms with Gasteiger partial charge in [-0.1, -0.05) is 18.2 Å². The smallest absolute Gasteiger partial charge is 0.166 e. The molecule has 0 saturated carbocycles. The van der Waals surface area contributed by atoms with E-state index in [4.69, 9.17) is 4.74 Å². The Morgan fingerprint density at radius 3 is 3.11 bits per heavy atom. The fraction of sp³-hybridized carbons (Fsp3) is 0.333. The van der Waals surface area contributed by atoms with Gasteiger partial charge in [-0.2, -0.15) is 11.8 Å². The van der Waals surface area contributed by atoms with Crippen molar-refractivity contribution in [1.29, 1.82) is 0 Å². The molecule has 19 heavy (non-hydrogen) atoms. The van der Waals surface area contributed by atoms with Gasteiger partial charge < -0.3 is 4.74 Å². The van der Waals surface area contributed by atoms with Gasteiger partial charge in [-0.15, -0.1) is 0 Å². The van der Waals surface area contributed by atoms with E-state index in [2.05, 4.69) is 4.98 Å². The van der Waals surface area contributed by atoms with Crippen molar-refractivity contribution < 1.29 is 9.53 Å². The molecule has 4 heteroatoms. The maximum atomic E-state index is 12.3. The highest BCUT2D eigenvalue weighted by Crippen LogP contribution is 2.19. The molecule has 0 aliphatic carbocycles. The predicted molar refractivity (Wildman–Crippen MR) is 77.5 cm³/mol. The normalized spacial score (nSPS) is 19.5. The number of ketones is 1. The number of carbonyl (C=O) groups is 1. The zero-order valence-corrected chi connectivity index (χ0v) is 11.4. The summed E-state index contributed by atoms with van der Waals surface area (Å²) in [5.41, 5.74) is 1.97. The summed E-state index contributed by atoms with van der Waals surface area (Å²) < 4.78 is 5.54. The average molecular weight is 273 g/mol. The van der Waals surface area contributed by atoms with Gasteiger partial charge in [-0.25, -0.2) is 0 Å². The first-order chi connectivity index (χ1) is 9.34. The number of ether oxygens (including phenoxy) is 1. The van der Waals surface area contributed by atoms with Crippen molar-refractivity contribution in [2.24, 2.45) is 0 Å². The van der Waals surface area contributed by atoms with E-state index in [0.717, 1.165) is 28.0 Å². The minimum Gasteiger partial charge on any atom is -0.369 e. The number of nitrogens with zero attached hydrogens (tertiary/aromatic N) is 1. The Balaban J connectivity index is 1.82. The number of aromatic nitrogens is 1. The van der Waals surface area contributed by atoms with Crippen molar-refractivity contribution in [2.75, 3.05) is 18.1 Å². The standard InChI is InChI=1S/C15H15NO2S/c17-14(15-10-19-8-7-18-15)9-11-5-6-16-13-4-2-1-3-12(11)13/h1-6,15H,7-10H2. The molecule has 3 nitrogen and oxygen atoms in total. The number of hydrogen-bond acceptors (Lipinski definition) is 4. The van der Waals surface area contributed by atoms with Crippen LogP contribution < -0.4 is 0 Å². The van der Waals surface area contributed by atoms with Crippen molar-refractivity contribution in [3.8, 4) is 0 Å².